The molecule has 0 aromatic heterocycles. The van der Waals surface area contributed by atoms with Crippen LogP contribution in [0.2, 0.25) is 0 Å². The van der Waals surface area contributed by atoms with Gasteiger partial charge in [-0.2, -0.15) is 0 Å². The third-order valence-corrected chi connectivity index (χ3v) is 6.51. The Balaban J connectivity index is 1.38. The van der Waals surface area contributed by atoms with Crippen LogP contribution in [0.25, 0.3) is 16.8 Å². The van der Waals surface area contributed by atoms with Crippen LogP contribution in [0.1, 0.15) is 18.1 Å². The molecule has 180 valence electrons. The number of benzene rings is 4. The molecule has 4 aromatic carbocycles. The molecule has 1 saturated heterocycles. The van der Waals surface area contributed by atoms with Crippen molar-refractivity contribution < 1.29 is 14.3 Å². The average Bonchev–Trinajstić information content (AvgIpc) is 3.11. The minimum atomic E-state index is -0.164. The summed E-state index contributed by atoms with van der Waals surface area (Å²) < 4.78 is 12.0. The van der Waals surface area contributed by atoms with Crippen LogP contribution in [-0.4, -0.2) is 29.6 Å². The summed E-state index contributed by atoms with van der Waals surface area (Å²) in [6.07, 6.45) is 1.83. The van der Waals surface area contributed by atoms with Gasteiger partial charge in [0.2, 0.25) is 0 Å². The number of para-hydroxylation sites is 1. The minimum absolute atomic E-state index is 0.164. The lowest BCUT2D eigenvalue weighted by Gasteiger charge is -2.16. The van der Waals surface area contributed by atoms with Gasteiger partial charge < -0.3 is 14.4 Å². The van der Waals surface area contributed by atoms with Crippen molar-refractivity contribution in [2.75, 3.05) is 18.6 Å². The van der Waals surface area contributed by atoms with Gasteiger partial charge in [-0.25, -0.2) is 0 Å². The zero-order chi connectivity index (χ0) is 25.1. The number of anilines is 1. The third-order valence-electron chi connectivity index (χ3n) is 6.06. The van der Waals surface area contributed by atoms with Crippen LogP contribution in [0.15, 0.2) is 96.7 Å². The summed E-state index contributed by atoms with van der Waals surface area (Å²) in [5, 5.41) is 2.82. The molecule has 1 aliphatic heterocycles. The molecule has 4 aromatic rings. The Bertz CT molecular complexity index is 1470. The molecule has 1 heterocycles. The van der Waals surface area contributed by atoms with E-state index in [1.807, 2.05) is 73.7 Å². The van der Waals surface area contributed by atoms with Gasteiger partial charge in [-0.05, 0) is 77.4 Å². The van der Waals surface area contributed by atoms with Gasteiger partial charge in [0.15, 0.2) is 16.6 Å². The fourth-order valence-electron chi connectivity index (χ4n) is 4.21. The number of thiocarbonyl (C=S) groups is 1. The predicted octanol–water partition coefficient (Wildman–Crippen LogP) is 6.42. The maximum atomic E-state index is 13.2. The molecule has 0 N–H and O–H groups in total. The topological polar surface area (TPSA) is 42.0 Å². The van der Waals surface area contributed by atoms with E-state index < -0.39 is 0 Å². The summed E-state index contributed by atoms with van der Waals surface area (Å²) >= 11 is 5.56. The molecular weight excluding hydrogens is 468 g/mol. The van der Waals surface area contributed by atoms with Crippen LogP contribution in [0, 0.1) is 0 Å². The lowest BCUT2D eigenvalue weighted by molar-refractivity contribution is -0.114. The summed E-state index contributed by atoms with van der Waals surface area (Å²) in [6.45, 7) is 2.85. The summed E-state index contributed by atoms with van der Waals surface area (Å²) in [7, 11) is 1.81. The number of amides is 1. The number of carbonyl (C=O) groups excluding carboxylic acids is 1. The van der Waals surface area contributed by atoms with E-state index in [-0.39, 0.29) is 5.91 Å². The number of nitrogens with zero attached hydrogens (tertiary/aromatic N) is 2. The highest BCUT2D eigenvalue weighted by Crippen LogP contribution is 2.32. The highest BCUT2D eigenvalue weighted by Gasteiger charge is 2.36. The zero-order valence-electron chi connectivity index (χ0n) is 20.2. The van der Waals surface area contributed by atoms with E-state index in [1.165, 1.54) is 10.8 Å². The molecule has 36 heavy (non-hydrogen) atoms. The normalized spacial score (nSPS) is 14.7. The Morgan fingerprint density at radius 2 is 1.58 bits per heavy atom. The van der Waals surface area contributed by atoms with Crippen LogP contribution >= 0.6 is 12.2 Å². The van der Waals surface area contributed by atoms with Gasteiger partial charge in [0.25, 0.3) is 5.91 Å². The number of hydrogen-bond donors (Lipinski definition) is 0. The lowest BCUT2D eigenvalue weighted by atomic mass is 10.1. The summed E-state index contributed by atoms with van der Waals surface area (Å²) in [4.78, 5) is 16.5. The highest BCUT2D eigenvalue weighted by atomic mass is 32.1. The molecule has 0 bridgehead atoms. The minimum Gasteiger partial charge on any atom is -0.490 e. The maximum absolute atomic E-state index is 13.2. The standard InChI is InChI=1S/C30H26N2O3S/c1-3-34-28-19-21(18-26-29(33)32(30(36)31(26)2)25-11-5-4-6-12-25)14-16-27(28)35-20-22-13-15-23-9-7-8-10-24(23)17-22/h4-19H,3,20H2,1-2H3/b26-18-. The number of ether oxygens (including phenoxy) is 2. The molecule has 0 radical (unpaired) electrons. The Kier molecular flexibility index (Phi) is 6.69. The molecule has 1 amide bonds. The first-order valence-corrected chi connectivity index (χ1v) is 12.2. The number of hydrogen-bond acceptors (Lipinski definition) is 4. The summed E-state index contributed by atoms with van der Waals surface area (Å²) in [5.41, 5.74) is 3.14. The van der Waals surface area contributed by atoms with Crippen LogP contribution in [0.5, 0.6) is 11.5 Å². The fourth-order valence-corrected chi connectivity index (χ4v) is 4.50. The van der Waals surface area contributed by atoms with E-state index in [9.17, 15) is 4.79 Å². The van der Waals surface area contributed by atoms with Crippen LogP contribution in [0.3, 0.4) is 0 Å². The highest BCUT2D eigenvalue weighted by molar-refractivity contribution is 7.80. The van der Waals surface area contributed by atoms with Crippen molar-refractivity contribution in [1.82, 2.24) is 4.90 Å². The molecule has 1 aliphatic rings. The number of rotatable bonds is 7. The van der Waals surface area contributed by atoms with Crippen molar-refractivity contribution in [2.45, 2.75) is 13.5 Å². The molecule has 6 heteroatoms. The van der Waals surface area contributed by atoms with Gasteiger partial charge in [-0.3, -0.25) is 9.69 Å². The van der Waals surface area contributed by atoms with Crippen molar-refractivity contribution in [3.05, 3.63) is 108 Å². The number of fused-ring (bicyclic) bond motifs is 1. The molecule has 0 spiro atoms. The molecule has 0 atom stereocenters. The first-order valence-electron chi connectivity index (χ1n) is 11.8. The molecule has 0 unspecified atom stereocenters. The largest absolute Gasteiger partial charge is 0.490 e. The van der Waals surface area contributed by atoms with Gasteiger partial charge in [0.1, 0.15) is 12.3 Å². The van der Waals surface area contributed by atoms with Gasteiger partial charge in [0, 0.05) is 7.05 Å². The first-order chi connectivity index (χ1) is 17.5. The van der Waals surface area contributed by atoms with Gasteiger partial charge >= 0.3 is 0 Å². The monoisotopic (exact) mass is 494 g/mol. The maximum Gasteiger partial charge on any atom is 0.281 e. The van der Waals surface area contributed by atoms with Crippen LogP contribution in [0.4, 0.5) is 5.69 Å². The van der Waals surface area contributed by atoms with E-state index in [0.717, 1.165) is 16.8 Å². The Hall–Kier alpha value is -4.16. The van der Waals surface area contributed by atoms with Crippen molar-refractivity contribution in [3.8, 4) is 11.5 Å². The summed E-state index contributed by atoms with van der Waals surface area (Å²) in [6, 6.07) is 29.7. The first kappa shape index (κ1) is 23.6. The Morgan fingerprint density at radius 1 is 0.833 bits per heavy atom. The van der Waals surface area contributed by atoms with Gasteiger partial charge in [-0.1, -0.05) is 60.7 Å². The van der Waals surface area contributed by atoms with E-state index >= 15 is 0 Å². The second-order valence-electron chi connectivity index (χ2n) is 8.46. The van der Waals surface area contributed by atoms with E-state index in [2.05, 4.69) is 30.3 Å². The SMILES string of the molecule is CCOc1cc(/C=C2/C(=O)N(c3ccccc3)C(=S)N2C)ccc1OCc1ccc2ccccc2c1. The second kappa shape index (κ2) is 10.2. The molecule has 0 aliphatic carbocycles. The molecule has 0 saturated carbocycles. The fraction of sp³-hybridized carbons (Fsp3) is 0.133. The molecule has 5 rings (SSSR count). The molecule has 5 nitrogen and oxygen atoms in total. The van der Waals surface area contributed by atoms with E-state index in [0.29, 0.717) is 35.5 Å². The van der Waals surface area contributed by atoms with E-state index in [4.69, 9.17) is 21.7 Å². The van der Waals surface area contributed by atoms with Crippen molar-refractivity contribution in [3.63, 3.8) is 0 Å². The van der Waals surface area contributed by atoms with Crippen molar-refractivity contribution in [1.29, 1.82) is 0 Å². The Morgan fingerprint density at radius 3 is 2.36 bits per heavy atom. The van der Waals surface area contributed by atoms with Crippen LogP contribution < -0.4 is 14.4 Å². The van der Waals surface area contributed by atoms with Crippen molar-refractivity contribution >= 4 is 45.8 Å². The van der Waals surface area contributed by atoms with Crippen molar-refractivity contribution in [2.24, 2.45) is 0 Å². The quantitative estimate of drug-likeness (QED) is 0.219. The summed E-state index contributed by atoms with van der Waals surface area (Å²) in [5.74, 6) is 1.12. The van der Waals surface area contributed by atoms with E-state index in [1.54, 1.807) is 16.8 Å². The number of likely N-dealkylation sites (N-methyl/N-ethyl adjacent to an activating group) is 1. The lowest BCUT2D eigenvalue weighted by Crippen LogP contribution is -2.30. The second-order valence-corrected chi connectivity index (χ2v) is 8.82. The smallest absolute Gasteiger partial charge is 0.281 e. The van der Waals surface area contributed by atoms with Gasteiger partial charge in [0.05, 0.1) is 12.3 Å². The number of carbonyl (C=O) groups is 1. The predicted molar refractivity (Wildman–Crippen MR) is 148 cm³/mol. The van der Waals surface area contributed by atoms with Gasteiger partial charge in [-0.15, -0.1) is 0 Å². The molecule has 1 fully saturated rings. The molecular formula is C30H26N2O3S. The zero-order valence-corrected chi connectivity index (χ0v) is 21.0. The Labute approximate surface area is 216 Å². The average molecular weight is 495 g/mol. The third kappa shape index (κ3) is 4.68. The van der Waals surface area contributed by atoms with Crippen LogP contribution in [-0.2, 0) is 11.4 Å².